The highest BCUT2D eigenvalue weighted by molar-refractivity contribution is 7.93. The second-order valence-corrected chi connectivity index (χ2v) is 17.3. The van der Waals surface area contributed by atoms with E-state index >= 15 is 0 Å². The summed E-state index contributed by atoms with van der Waals surface area (Å²) in [4.78, 5) is 0. The Balaban J connectivity index is 1.11. The van der Waals surface area contributed by atoms with E-state index in [1.165, 1.54) is 60.1 Å². The van der Waals surface area contributed by atoms with Gasteiger partial charge in [0.1, 0.15) is 11.5 Å². The minimum absolute atomic E-state index is 0.573. The number of nitrogens with zero attached hydrogens (tertiary/aromatic N) is 1. The second-order valence-electron chi connectivity index (χ2n) is 14.2. The fraction of sp³-hybridized carbons (Fsp3) is 0.0200. The quantitative estimate of drug-likeness (QED) is 0.167. The molecule has 0 amide bonds. The summed E-state index contributed by atoms with van der Waals surface area (Å²) < 4.78 is 9.38. The fourth-order valence-corrected chi connectivity index (χ4v) is 12.1. The monoisotopic (exact) mass is 695 g/mol. The van der Waals surface area contributed by atoms with Crippen molar-refractivity contribution in [3.8, 4) is 28.3 Å². The maximum absolute atomic E-state index is 6.91. The predicted molar refractivity (Wildman–Crippen MR) is 224 cm³/mol. The molecule has 3 heteroatoms. The summed E-state index contributed by atoms with van der Waals surface area (Å²) in [7, 11) is 0. The number of para-hydroxylation sites is 4. The molecule has 0 N–H and O–H groups in total. The van der Waals surface area contributed by atoms with Gasteiger partial charge in [-0.3, -0.25) is 0 Å². The molecule has 0 aliphatic carbocycles. The van der Waals surface area contributed by atoms with Gasteiger partial charge in [-0.2, -0.15) is 0 Å². The van der Waals surface area contributed by atoms with Crippen molar-refractivity contribution in [1.29, 1.82) is 0 Å². The molecule has 250 valence electrons. The van der Waals surface area contributed by atoms with Crippen LogP contribution in [0.2, 0.25) is 0 Å². The fourth-order valence-electron chi connectivity index (χ4n) is 9.23. The summed E-state index contributed by atoms with van der Waals surface area (Å²) in [5.74, 6) is 1.77. The number of aromatic nitrogens is 1. The molecule has 1 atom stereocenters. The van der Waals surface area contributed by atoms with E-state index in [0.717, 1.165) is 28.2 Å². The molecule has 53 heavy (non-hydrogen) atoms. The van der Waals surface area contributed by atoms with Crippen LogP contribution in [-0.4, -0.2) is 10.9 Å². The summed E-state index contributed by atoms with van der Waals surface area (Å²) in [6, 6.07) is 70.6. The summed E-state index contributed by atoms with van der Waals surface area (Å²) >= 11 is 0. The first-order chi connectivity index (χ1) is 26.2. The number of benzene rings is 8. The molecule has 9 aromatic rings. The molecule has 8 aromatic carbocycles. The Bertz CT molecular complexity index is 2900. The third-order valence-electron chi connectivity index (χ3n) is 11.6. The van der Waals surface area contributed by atoms with Crippen molar-refractivity contribution >= 4 is 50.9 Å². The molecule has 0 fully saturated rings. The molecule has 0 saturated heterocycles. The van der Waals surface area contributed by atoms with Crippen molar-refractivity contribution in [2.75, 3.05) is 0 Å². The predicted octanol–water partition coefficient (Wildman–Crippen LogP) is 11.0. The summed E-state index contributed by atoms with van der Waals surface area (Å²) in [5.41, 5.74) is 10.2. The van der Waals surface area contributed by atoms with E-state index in [4.69, 9.17) is 11.0 Å². The minimum atomic E-state index is -2.08. The average Bonchev–Trinajstić information content (AvgIpc) is 3.58. The molecule has 2 nitrogen and oxygen atoms in total. The molecule has 3 heterocycles. The van der Waals surface area contributed by atoms with Gasteiger partial charge < -0.3 is 9.30 Å². The molecule has 1 unspecified atom stereocenters. The molecular formula is C50H34NOP. The molecular weight excluding hydrogens is 662 g/mol. The van der Waals surface area contributed by atoms with Crippen LogP contribution in [-0.2, 0) is 5.41 Å². The molecule has 0 saturated carbocycles. The van der Waals surface area contributed by atoms with Gasteiger partial charge >= 0.3 is 0 Å². The SMILES string of the molecule is C=P(c1ccccc1)(c1ccccc1)c1ccc(-c2ccc3c(c2)Oc2ccccc2C32c3ccccc3-n3c4ccccc4c4cccc2c43)cc1. The van der Waals surface area contributed by atoms with Gasteiger partial charge in [-0.05, 0) is 69.3 Å². The zero-order valence-corrected chi connectivity index (χ0v) is 29.9. The minimum Gasteiger partial charge on any atom is -0.457 e. The normalized spacial score (nSPS) is 15.5. The topological polar surface area (TPSA) is 14.2 Å². The number of ether oxygens (including phenoxy) is 1. The number of rotatable bonds is 4. The lowest BCUT2D eigenvalue weighted by Crippen LogP contribution is -2.37. The molecule has 2 aliphatic rings. The summed E-state index contributed by atoms with van der Waals surface area (Å²) in [6.45, 7) is -2.08. The van der Waals surface area contributed by atoms with Crippen molar-refractivity contribution in [2.45, 2.75) is 5.41 Å². The third-order valence-corrected chi connectivity index (χ3v) is 15.1. The summed E-state index contributed by atoms with van der Waals surface area (Å²) in [6.07, 6.45) is 4.96. The lowest BCUT2D eigenvalue weighted by atomic mass is 9.61. The first kappa shape index (κ1) is 30.3. The smallest absolute Gasteiger partial charge is 0.132 e. The van der Waals surface area contributed by atoms with Crippen molar-refractivity contribution in [2.24, 2.45) is 0 Å². The van der Waals surface area contributed by atoms with E-state index in [2.05, 4.69) is 199 Å². The van der Waals surface area contributed by atoms with Gasteiger partial charge in [-0.15, -0.1) is 0 Å². The Hall–Kier alpha value is -6.34. The zero-order chi connectivity index (χ0) is 35.1. The van der Waals surface area contributed by atoms with E-state index in [1.54, 1.807) is 0 Å². The van der Waals surface area contributed by atoms with Crippen LogP contribution in [0.25, 0.3) is 38.6 Å². The number of fused-ring (bicyclic) bond motifs is 11. The van der Waals surface area contributed by atoms with Gasteiger partial charge in [0.15, 0.2) is 0 Å². The average molecular weight is 696 g/mol. The van der Waals surface area contributed by atoms with Gasteiger partial charge in [0.2, 0.25) is 0 Å². The number of hydrogen-bond acceptors (Lipinski definition) is 1. The Morgan fingerprint density at radius 2 is 1.00 bits per heavy atom. The van der Waals surface area contributed by atoms with E-state index in [9.17, 15) is 0 Å². The standard InChI is InChI=1S/C50H34NOP/c1-53(36-15-4-2-5-16-36,37-17-6-3-7-18-37)38-30-27-34(28-31-38)35-29-32-43-48(33-35)52-47-26-13-10-22-42(47)50(43)41-21-9-12-25-46(41)51-45-24-11-8-19-39(45)40-20-14-23-44(50)49(40)51/h2-33H,1H2. The first-order valence-corrected chi connectivity index (χ1v) is 20.1. The van der Waals surface area contributed by atoms with Gasteiger partial charge in [-0.1, -0.05) is 176 Å². The zero-order valence-electron chi connectivity index (χ0n) is 29.0. The van der Waals surface area contributed by atoms with Crippen LogP contribution in [0, 0.1) is 0 Å². The van der Waals surface area contributed by atoms with Crippen LogP contribution in [0.5, 0.6) is 11.5 Å². The highest BCUT2D eigenvalue weighted by Gasteiger charge is 2.50. The Kier molecular flexibility index (Phi) is 6.48. The van der Waals surface area contributed by atoms with E-state index in [-0.39, 0.29) is 0 Å². The van der Waals surface area contributed by atoms with E-state index in [1.807, 2.05) is 0 Å². The first-order valence-electron chi connectivity index (χ1n) is 18.2. The lowest BCUT2D eigenvalue weighted by molar-refractivity contribution is 0.434. The summed E-state index contributed by atoms with van der Waals surface area (Å²) in [5, 5.41) is 6.33. The van der Waals surface area contributed by atoms with Crippen molar-refractivity contribution in [3.05, 3.63) is 216 Å². The van der Waals surface area contributed by atoms with Crippen LogP contribution >= 0.6 is 6.89 Å². The Morgan fingerprint density at radius 3 is 1.77 bits per heavy atom. The van der Waals surface area contributed by atoms with Gasteiger partial charge in [0.25, 0.3) is 0 Å². The number of hydrogen-bond donors (Lipinski definition) is 0. The van der Waals surface area contributed by atoms with Crippen molar-refractivity contribution in [3.63, 3.8) is 0 Å². The lowest BCUT2D eigenvalue weighted by Gasteiger charge is -2.45. The molecule has 0 bridgehead atoms. The van der Waals surface area contributed by atoms with Crippen LogP contribution in [0.15, 0.2) is 194 Å². The van der Waals surface area contributed by atoms with Crippen LogP contribution in [0.1, 0.15) is 22.3 Å². The van der Waals surface area contributed by atoms with Gasteiger partial charge in [0, 0.05) is 21.9 Å². The van der Waals surface area contributed by atoms with E-state index < -0.39 is 12.3 Å². The van der Waals surface area contributed by atoms with Crippen LogP contribution < -0.4 is 20.7 Å². The second kappa shape index (κ2) is 11.3. The van der Waals surface area contributed by atoms with Crippen molar-refractivity contribution < 1.29 is 4.74 Å². The molecule has 1 aromatic heterocycles. The van der Waals surface area contributed by atoms with Crippen LogP contribution in [0.4, 0.5) is 0 Å². The van der Waals surface area contributed by atoms with Gasteiger partial charge in [0.05, 0.1) is 22.1 Å². The molecule has 11 rings (SSSR count). The van der Waals surface area contributed by atoms with Crippen molar-refractivity contribution in [1.82, 2.24) is 4.57 Å². The largest absolute Gasteiger partial charge is 0.457 e. The van der Waals surface area contributed by atoms with Gasteiger partial charge in [-0.25, -0.2) is 0 Å². The Morgan fingerprint density at radius 1 is 0.434 bits per heavy atom. The maximum atomic E-state index is 6.91. The highest BCUT2D eigenvalue weighted by atomic mass is 31.2. The Labute approximate surface area is 309 Å². The third kappa shape index (κ3) is 4.10. The highest BCUT2D eigenvalue weighted by Crippen LogP contribution is 2.60. The van der Waals surface area contributed by atoms with E-state index in [0.29, 0.717) is 0 Å². The maximum Gasteiger partial charge on any atom is 0.132 e. The molecule has 0 radical (unpaired) electrons. The van der Waals surface area contributed by atoms with Crippen LogP contribution in [0.3, 0.4) is 0 Å². The molecule has 1 spiro atoms. The molecule has 2 aliphatic heterocycles.